The van der Waals surface area contributed by atoms with Gasteiger partial charge in [-0.25, -0.2) is 0 Å². The van der Waals surface area contributed by atoms with Crippen LogP contribution in [0, 0.1) is 5.92 Å². The fourth-order valence-corrected chi connectivity index (χ4v) is 1.99. The number of hydrogen-bond acceptors (Lipinski definition) is 2. The van der Waals surface area contributed by atoms with Gasteiger partial charge in [0, 0.05) is 0 Å². The Morgan fingerprint density at radius 1 is 1.67 bits per heavy atom. The molecule has 70 valence electrons. The maximum absolute atomic E-state index is 11.2. The van der Waals surface area contributed by atoms with E-state index in [1.165, 1.54) is 0 Å². The summed E-state index contributed by atoms with van der Waals surface area (Å²) >= 11 is 0. The molecule has 1 saturated heterocycles. The van der Waals surface area contributed by atoms with Crippen LogP contribution in [0.4, 0.5) is 0 Å². The van der Waals surface area contributed by atoms with Gasteiger partial charge in [-0.15, -0.1) is 0 Å². The summed E-state index contributed by atoms with van der Waals surface area (Å²) in [5, 5.41) is 3.23. The van der Waals surface area contributed by atoms with Gasteiger partial charge in [0.05, 0.1) is 5.54 Å². The molecule has 0 aromatic rings. The van der Waals surface area contributed by atoms with Crippen LogP contribution in [0.15, 0.2) is 0 Å². The maximum Gasteiger partial charge on any atom is 0.237 e. The zero-order chi connectivity index (χ0) is 9.19. The third kappa shape index (κ3) is 1.78. The minimum atomic E-state index is -0.395. The molecular formula is C9H18N2O. The van der Waals surface area contributed by atoms with Crippen molar-refractivity contribution in [3.05, 3.63) is 0 Å². The van der Waals surface area contributed by atoms with Crippen molar-refractivity contribution in [1.29, 1.82) is 0 Å². The van der Waals surface area contributed by atoms with E-state index in [1.807, 2.05) is 0 Å². The Balaban J connectivity index is 2.65. The van der Waals surface area contributed by atoms with Crippen LogP contribution in [-0.2, 0) is 4.79 Å². The quantitative estimate of drug-likeness (QED) is 0.653. The third-order valence-electron chi connectivity index (χ3n) is 2.47. The SMILES string of the molecule is CC(C)CC1(C(N)=O)CCCN1. The van der Waals surface area contributed by atoms with E-state index < -0.39 is 5.54 Å². The lowest BCUT2D eigenvalue weighted by molar-refractivity contribution is -0.124. The van der Waals surface area contributed by atoms with Crippen molar-refractivity contribution in [1.82, 2.24) is 5.32 Å². The molecule has 1 amide bonds. The standard InChI is InChI=1S/C9H18N2O/c1-7(2)6-9(8(10)12)4-3-5-11-9/h7,11H,3-6H2,1-2H3,(H2,10,12). The summed E-state index contributed by atoms with van der Waals surface area (Å²) in [7, 11) is 0. The number of amides is 1. The molecule has 1 unspecified atom stereocenters. The second-order valence-electron chi connectivity index (χ2n) is 4.07. The number of carbonyl (C=O) groups excluding carboxylic acids is 1. The van der Waals surface area contributed by atoms with Crippen LogP contribution in [0.2, 0.25) is 0 Å². The molecule has 3 N–H and O–H groups in total. The molecule has 0 spiro atoms. The van der Waals surface area contributed by atoms with E-state index in [0.717, 1.165) is 25.8 Å². The van der Waals surface area contributed by atoms with Gasteiger partial charge in [0.25, 0.3) is 0 Å². The molecule has 1 rings (SSSR count). The van der Waals surface area contributed by atoms with Crippen LogP contribution < -0.4 is 11.1 Å². The first-order chi connectivity index (χ1) is 5.57. The Morgan fingerprint density at radius 3 is 2.67 bits per heavy atom. The normalized spacial score (nSPS) is 29.6. The lowest BCUT2D eigenvalue weighted by Gasteiger charge is -2.27. The highest BCUT2D eigenvalue weighted by atomic mass is 16.1. The van der Waals surface area contributed by atoms with Gasteiger partial charge in [-0.3, -0.25) is 4.79 Å². The number of carbonyl (C=O) groups is 1. The molecule has 1 aliphatic heterocycles. The zero-order valence-corrected chi connectivity index (χ0v) is 7.89. The highest BCUT2D eigenvalue weighted by Gasteiger charge is 2.39. The fraction of sp³-hybridized carbons (Fsp3) is 0.889. The van der Waals surface area contributed by atoms with E-state index in [1.54, 1.807) is 0 Å². The summed E-state index contributed by atoms with van der Waals surface area (Å²) in [6.07, 6.45) is 2.83. The van der Waals surface area contributed by atoms with Crippen LogP contribution in [0.5, 0.6) is 0 Å². The first-order valence-corrected chi connectivity index (χ1v) is 4.62. The van der Waals surface area contributed by atoms with E-state index in [-0.39, 0.29) is 5.91 Å². The van der Waals surface area contributed by atoms with E-state index in [9.17, 15) is 4.79 Å². The van der Waals surface area contributed by atoms with E-state index in [0.29, 0.717) is 5.92 Å². The Kier molecular flexibility index (Phi) is 2.73. The van der Waals surface area contributed by atoms with Crippen molar-refractivity contribution < 1.29 is 4.79 Å². The lowest BCUT2D eigenvalue weighted by Crippen LogP contribution is -2.52. The number of hydrogen-bond donors (Lipinski definition) is 2. The van der Waals surface area contributed by atoms with Gasteiger partial charge < -0.3 is 11.1 Å². The van der Waals surface area contributed by atoms with Gasteiger partial charge in [-0.1, -0.05) is 13.8 Å². The van der Waals surface area contributed by atoms with Gasteiger partial charge >= 0.3 is 0 Å². The highest BCUT2D eigenvalue weighted by Crippen LogP contribution is 2.26. The number of nitrogens with one attached hydrogen (secondary N) is 1. The molecule has 1 atom stereocenters. The molecule has 12 heavy (non-hydrogen) atoms. The molecule has 0 bridgehead atoms. The summed E-state index contributed by atoms with van der Waals surface area (Å²) in [6, 6.07) is 0. The zero-order valence-electron chi connectivity index (χ0n) is 7.89. The molecule has 0 aromatic heterocycles. The molecular weight excluding hydrogens is 152 g/mol. The van der Waals surface area contributed by atoms with Crippen LogP contribution >= 0.6 is 0 Å². The molecule has 0 aliphatic carbocycles. The maximum atomic E-state index is 11.2. The molecule has 0 radical (unpaired) electrons. The Labute approximate surface area is 73.7 Å². The molecule has 1 heterocycles. The second-order valence-corrected chi connectivity index (χ2v) is 4.07. The van der Waals surface area contributed by atoms with Crippen molar-refractivity contribution in [2.45, 2.75) is 38.6 Å². The first-order valence-electron chi connectivity index (χ1n) is 4.62. The van der Waals surface area contributed by atoms with Crippen molar-refractivity contribution in [3.8, 4) is 0 Å². The van der Waals surface area contributed by atoms with Crippen molar-refractivity contribution in [2.24, 2.45) is 11.7 Å². The molecule has 3 nitrogen and oxygen atoms in total. The van der Waals surface area contributed by atoms with Crippen LogP contribution in [-0.4, -0.2) is 18.0 Å². The molecule has 1 fully saturated rings. The first kappa shape index (κ1) is 9.52. The van der Waals surface area contributed by atoms with Crippen molar-refractivity contribution in [3.63, 3.8) is 0 Å². The largest absolute Gasteiger partial charge is 0.368 e. The van der Waals surface area contributed by atoms with Crippen LogP contribution in [0.25, 0.3) is 0 Å². The highest BCUT2D eigenvalue weighted by molar-refractivity contribution is 5.85. The fourth-order valence-electron chi connectivity index (χ4n) is 1.99. The van der Waals surface area contributed by atoms with E-state index in [2.05, 4.69) is 19.2 Å². The van der Waals surface area contributed by atoms with Crippen LogP contribution in [0.3, 0.4) is 0 Å². The van der Waals surface area contributed by atoms with Gasteiger partial charge in [0.1, 0.15) is 0 Å². The lowest BCUT2D eigenvalue weighted by atomic mass is 9.87. The minimum Gasteiger partial charge on any atom is -0.368 e. The Hall–Kier alpha value is -0.570. The molecule has 0 saturated carbocycles. The Bertz CT molecular complexity index is 171. The van der Waals surface area contributed by atoms with Gasteiger partial charge in [0.2, 0.25) is 5.91 Å². The average molecular weight is 170 g/mol. The predicted molar refractivity (Wildman–Crippen MR) is 48.6 cm³/mol. The molecule has 3 heteroatoms. The summed E-state index contributed by atoms with van der Waals surface area (Å²) in [6.45, 7) is 5.16. The minimum absolute atomic E-state index is 0.186. The number of rotatable bonds is 3. The number of nitrogens with two attached hydrogens (primary N) is 1. The van der Waals surface area contributed by atoms with Gasteiger partial charge in [-0.05, 0) is 31.7 Å². The summed E-state index contributed by atoms with van der Waals surface area (Å²) < 4.78 is 0. The number of primary amides is 1. The smallest absolute Gasteiger partial charge is 0.237 e. The second kappa shape index (κ2) is 3.44. The summed E-state index contributed by atoms with van der Waals surface area (Å²) in [4.78, 5) is 11.2. The Morgan fingerprint density at radius 2 is 2.33 bits per heavy atom. The molecule has 1 aliphatic rings. The average Bonchev–Trinajstić information content (AvgIpc) is 2.35. The van der Waals surface area contributed by atoms with Crippen molar-refractivity contribution >= 4 is 5.91 Å². The van der Waals surface area contributed by atoms with E-state index >= 15 is 0 Å². The van der Waals surface area contributed by atoms with Crippen molar-refractivity contribution in [2.75, 3.05) is 6.54 Å². The van der Waals surface area contributed by atoms with E-state index in [4.69, 9.17) is 5.73 Å². The predicted octanol–water partition coefficient (Wildman–Crippen LogP) is 0.640. The summed E-state index contributed by atoms with van der Waals surface area (Å²) in [5.41, 5.74) is 4.98. The molecule has 0 aromatic carbocycles. The summed E-state index contributed by atoms with van der Waals surface area (Å²) in [5.74, 6) is 0.330. The van der Waals surface area contributed by atoms with Gasteiger partial charge in [-0.2, -0.15) is 0 Å². The monoisotopic (exact) mass is 170 g/mol. The van der Waals surface area contributed by atoms with Crippen LogP contribution in [0.1, 0.15) is 33.1 Å². The third-order valence-corrected chi connectivity index (χ3v) is 2.47. The topological polar surface area (TPSA) is 55.1 Å². The van der Waals surface area contributed by atoms with Gasteiger partial charge in [0.15, 0.2) is 0 Å².